The molecule has 0 radical (unpaired) electrons. The molecule has 0 bridgehead atoms. The van der Waals surface area contributed by atoms with Crippen LogP contribution < -0.4 is 10.5 Å². The molecule has 2 aromatic carbocycles. The van der Waals surface area contributed by atoms with Gasteiger partial charge in [-0.15, -0.1) is 0 Å². The van der Waals surface area contributed by atoms with E-state index in [9.17, 15) is 14.7 Å². The number of amides is 1. The third-order valence-corrected chi connectivity index (χ3v) is 4.71. The zero-order valence-electron chi connectivity index (χ0n) is 15.2. The van der Waals surface area contributed by atoms with Gasteiger partial charge < -0.3 is 14.6 Å². The van der Waals surface area contributed by atoms with Gasteiger partial charge in [-0.3, -0.25) is 9.59 Å². The minimum Gasteiger partial charge on any atom is -0.507 e. The molecule has 0 spiro atoms. The first-order chi connectivity index (χ1) is 12.5. The zero-order chi connectivity index (χ0) is 18.8. The molecule has 0 aliphatic carbocycles. The van der Waals surface area contributed by atoms with Crippen LogP contribution in [0.2, 0.25) is 0 Å². The number of pyridine rings is 1. The van der Waals surface area contributed by atoms with E-state index in [-0.39, 0.29) is 29.2 Å². The molecule has 5 heteroatoms. The van der Waals surface area contributed by atoms with E-state index in [1.165, 1.54) is 4.57 Å². The topological polar surface area (TPSA) is 62.5 Å². The average molecular weight is 350 g/mol. The number of aryl methyl sites for hydroxylation is 2. The van der Waals surface area contributed by atoms with E-state index >= 15 is 0 Å². The third kappa shape index (κ3) is 2.96. The summed E-state index contributed by atoms with van der Waals surface area (Å²) in [6, 6.07) is 14.8. The van der Waals surface area contributed by atoms with Crippen molar-refractivity contribution in [2.45, 2.75) is 20.3 Å². The standard InChI is InChI=1S/C21H22N2O3/c1-4-23(15-10-6-5-7-11-15)18(24)13-16-20(25)19-14(2)9-8-12-17(19)22(3)21(16)26/h5-12,25H,4,13H2,1-3H3. The quantitative estimate of drug-likeness (QED) is 0.786. The van der Waals surface area contributed by atoms with Crippen molar-refractivity contribution in [3.05, 3.63) is 70.0 Å². The summed E-state index contributed by atoms with van der Waals surface area (Å²) in [5.41, 5.74) is 2.07. The van der Waals surface area contributed by atoms with Crippen molar-refractivity contribution < 1.29 is 9.90 Å². The Morgan fingerprint density at radius 2 is 1.81 bits per heavy atom. The lowest BCUT2D eigenvalue weighted by atomic mass is 10.0. The Hall–Kier alpha value is -3.08. The summed E-state index contributed by atoms with van der Waals surface area (Å²) in [4.78, 5) is 27.2. The van der Waals surface area contributed by atoms with Gasteiger partial charge in [-0.2, -0.15) is 0 Å². The molecule has 3 rings (SSSR count). The minimum absolute atomic E-state index is 0.0985. The molecule has 1 amide bonds. The van der Waals surface area contributed by atoms with Crippen LogP contribution in [0.5, 0.6) is 5.75 Å². The van der Waals surface area contributed by atoms with Crippen LogP contribution in [0.3, 0.4) is 0 Å². The second kappa shape index (κ2) is 7.04. The molecule has 0 fully saturated rings. The number of aromatic nitrogens is 1. The van der Waals surface area contributed by atoms with Crippen molar-refractivity contribution in [3.8, 4) is 5.75 Å². The van der Waals surface area contributed by atoms with Gasteiger partial charge in [0.15, 0.2) is 0 Å². The van der Waals surface area contributed by atoms with Crippen LogP contribution in [-0.4, -0.2) is 22.1 Å². The van der Waals surface area contributed by atoms with E-state index < -0.39 is 0 Å². The molecule has 26 heavy (non-hydrogen) atoms. The van der Waals surface area contributed by atoms with Gasteiger partial charge in [0.1, 0.15) is 5.75 Å². The molecule has 0 aliphatic heterocycles. The summed E-state index contributed by atoms with van der Waals surface area (Å²) in [6.07, 6.45) is -0.147. The predicted octanol–water partition coefficient (Wildman–Crippen LogP) is 3.15. The third-order valence-electron chi connectivity index (χ3n) is 4.71. The molecule has 3 aromatic rings. The second-order valence-electron chi connectivity index (χ2n) is 6.31. The van der Waals surface area contributed by atoms with E-state index in [1.807, 2.05) is 56.3 Å². The number of hydrogen-bond donors (Lipinski definition) is 1. The maximum atomic E-state index is 12.8. The van der Waals surface area contributed by atoms with Crippen molar-refractivity contribution in [1.29, 1.82) is 0 Å². The van der Waals surface area contributed by atoms with Crippen LogP contribution in [0.25, 0.3) is 10.9 Å². The molecular weight excluding hydrogens is 328 g/mol. The Kier molecular flexibility index (Phi) is 4.80. The first-order valence-electron chi connectivity index (χ1n) is 8.61. The average Bonchev–Trinajstić information content (AvgIpc) is 2.64. The number of likely N-dealkylation sites (N-methyl/N-ethyl adjacent to an activating group) is 1. The minimum atomic E-state index is -0.349. The molecular formula is C21H22N2O3. The highest BCUT2D eigenvalue weighted by Crippen LogP contribution is 2.29. The smallest absolute Gasteiger partial charge is 0.258 e. The molecule has 5 nitrogen and oxygen atoms in total. The van der Waals surface area contributed by atoms with Crippen molar-refractivity contribution in [2.24, 2.45) is 7.05 Å². The molecule has 0 aliphatic rings. The first-order valence-corrected chi connectivity index (χ1v) is 8.61. The number of aromatic hydroxyl groups is 1. The first kappa shape index (κ1) is 17.7. The van der Waals surface area contributed by atoms with Gasteiger partial charge in [-0.1, -0.05) is 30.3 Å². The monoisotopic (exact) mass is 350 g/mol. The van der Waals surface area contributed by atoms with Crippen LogP contribution >= 0.6 is 0 Å². The molecule has 134 valence electrons. The molecule has 0 atom stereocenters. The summed E-state index contributed by atoms with van der Waals surface area (Å²) in [5, 5.41) is 11.3. The molecule has 1 N–H and O–H groups in total. The summed E-state index contributed by atoms with van der Waals surface area (Å²) < 4.78 is 1.49. The highest BCUT2D eigenvalue weighted by molar-refractivity contribution is 5.97. The number of carbonyl (C=O) groups excluding carboxylic acids is 1. The summed E-state index contributed by atoms with van der Waals surface area (Å²) >= 11 is 0. The lowest BCUT2D eigenvalue weighted by Crippen LogP contribution is -2.34. The van der Waals surface area contributed by atoms with Crippen molar-refractivity contribution in [3.63, 3.8) is 0 Å². The summed E-state index contributed by atoms with van der Waals surface area (Å²) in [6.45, 7) is 4.24. The van der Waals surface area contributed by atoms with Gasteiger partial charge in [0.25, 0.3) is 5.56 Å². The van der Waals surface area contributed by atoms with E-state index in [1.54, 1.807) is 18.0 Å². The lowest BCUT2D eigenvalue weighted by Gasteiger charge is -2.21. The van der Waals surface area contributed by atoms with Crippen LogP contribution in [0, 0.1) is 6.92 Å². The molecule has 1 heterocycles. The number of fused-ring (bicyclic) bond motifs is 1. The van der Waals surface area contributed by atoms with Gasteiger partial charge in [0.05, 0.1) is 17.5 Å². The fourth-order valence-corrected chi connectivity index (χ4v) is 3.32. The Labute approximate surface area is 152 Å². The lowest BCUT2D eigenvalue weighted by molar-refractivity contribution is -0.118. The van der Waals surface area contributed by atoms with Crippen LogP contribution in [0.1, 0.15) is 18.1 Å². The highest BCUT2D eigenvalue weighted by Gasteiger charge is 2.21. The number of hydrogen-bond acceptors (Lipinski definition) is 3. The number of benzene rings is 2. The van der Waals surface area contributed by atoms with Crippen molar-refractivity contribution in [2.75, 3.05) is 11.4 Å². The van der Waals surface area contributed by atoms with E-state index in [0.29, 0.717) is 17.4 Å². The van der Waals surface area contributed by atoms with Crippen LogP contribution in [0.15, 0.2) is 53.3 Å². The van der Waals surface area contributed by atoms with Crippen molar-refractivity contribution >= 4 is 22.5 Å². The van der Waals surface area contributed by atoms with Crippen LogP contribution in [-0.2, 0) is 18.3 Å². The van der Waals surface area contributed by atoms with E-state index in [2.05, 4.69) is 0 Å². The Morgan fingerprint density at radius 1 is 1.12 bits per heavy atom. The molecule has 0 saturated carbocycles. The Balaban J connectivity index is 2.07. The summed E-state index contributed by atoms with van der Waals surface area (Å²) in [7, 11) is 1.66. The fourth-order valence-electron chi connectivity index (χ4n) is 3.32. The molecule has 0 unspecified atom stereocenters. The van der Waals surface area contributed by atoms with Gasteiger partial charge in [-0.05, 0) is 37.6 Å². The maximum absolute atomic E-state index is 12.8. The fraction of sp³-hybridized carbons (Fsp3) is 0.238. The number of nitrogens with zero attached hydrogens (tertiary/aromatic N) is 2. The molecule has 1 aromatic heterocycles. The number of rotatable bonds is 4. The van der Waals surface area contributed by atoms with Gasteiger partial charge in [0.2, 0.25) is 5.91 Å². The second-order valence-corrected chi connectivity index (χ2v) is 6.31. The van der Waals surface area contributed by atoms with Crippen molar-refractivity contribution in [1.82, 2.24) is 4.57 Å². The largest absolute Gasteiger partial charge is 0.507 e. The van der Waals surface area contributed by atoms with Gasteiger partial charge >= 0.3 is 0 Å². The highest BCUT2D eigenvalue weighted by atomic mass is 16.3. The van der Waals surface area contributed by atoms with Crippen LogP contribution in [0.4, 0.5) is 5.69 Å². The normalized spacial score (nSPS) is 10.9. The molecule has 0 saturated heterocycles. The zero-order valence-corrected chi connectivity index (χ0v) is 15.2. The SMILES string of the molecule is CCN(C(=O)Cc1c(O)c2c(C)cccc2n(C)c1=O)c1ccccc1. The van der Waals surface area contributed by atoms with E-state index in [0.717, 1.165) is 11.3 Å². The Morgan fingerprint density at radius 3 is 2.46 bits per heavy atom. The van der Waals surface area contributed by atoms with Gasteiger partial charge in [-0.25, -0.2) is 0 Å². The summed E-state index contributed by atoms with van der Waals surface area (Å²) in [5.74, 6) is -0.322. The maximum Gasteiger partial charge on any atom is 0.258 e. The number of carbonyl (C=O) groups is 1. The van der Waals surface area contributed by atoms with E-state index in [4.69, 9.17) is 0 Å². The number of anilines is 1. The van der Waals surface area contributed by atoms with Gasteiger partial charge in [0, 0.05) is 24.7 Å². The number of para-hydroxylation sites is 1. The predicted molar refractivity (Wildman–Crippen MR) is 104 cm³/mol. The Bertz CT molecular complexity index is 1020.